The highest BCUT2D eigenvalue weighted by molar-refractivity contribution is 7.88. The number of hydrogen-bond acceptors (Lipinski definition) is 3. The largest absolute Gasteiger partial charge is 0.351 e. The molecule has 1 amide bonds. The first-order valence-corrected chi connectivity index (χ1v) is 10.4. The first kappa shape index (κ1) is 19.4. The fourth-order valence-corrected chi connectivity index (χ4v) is 4.16. The van der Waals surface area contributed by atoms with Crippen molar-refractivity contribution in [1.82, 2.24) is 10.0 Å². The van der Waals surface area contributed by atoms with Crippen molar-refractivity contribution in [3.8, 4) is 0 Å². The number of halogens is 2. The molecular weight excluding hydrogens is 374 g/mol. The molecule has 1 aliphatic rings. The maximum atomic E-state index is 14.0. The minimum absolute atomic E-state index is 0.0806. The predicted octanol–water partition coefficient (Wildman–Crippen LogP) is 2.40. The van der Waals surface area contributed by atoms with Crippen LogP contribution in [0.25, 0.3) is 0 Å². The summed E-state index contributed by atoms with van der Waals surface area (Å²) in [7, 11) is -3.51. The molecule has 0 fully saturated rings. The standard InChI is InChI=1S/C19H20F2N2O3S/c1-11(14-8-7-13(20)10-16(14)21)19(24)22-17-9-12-5-3-4-6-15(12)18(17)23-27(2,25)26/h3-8,10-11,17-18,23H,9H2,1-2H3,(H,22,24)/t11-,17-,18-/m0/s1. The van der Waals surface area contributed by atoms with Crippen molar-refractivity contribution in [1.29, 1.82) is 0 Å². The third-order valence-corrected chi connectivity index (χ3v) is 5.41. The molecule has 0 saturated heterocycles. The topological polar surface area (TPSA) is 75.3 Å². The van der Waals surface area contributed by atoms with E-state index in [9.17, 15) is 22.0 Å². The van der Waals surface area contributed by atoms with Gasteiger partial charge in [0.15, 0.2) is 0 Å². The minimum atomic E-state index is -3.51. The summed E-state index contributed by atoms with van der Waals surface area (Å²) in [6.07, 6.45) is 1.51. The van der Waals surface area contributed by atoms with Crippen LogP contribution in [-0.2, 0) is 21.2 Å². The number of amides is 1. The van der Waals surface area contributed by atoms with Crippen LogP contribution >= 0.6 is 0 Å². The zero-order valence-electron chi connectivity index (χ0n) is 14.9. The highest BCUT2D eigenvalue weighted by Gasteiger charge is 2.36. The van der Waals surface area contributed by atoms with Crippen LogP contribution in [0.5, 0.6) is 0 Å². The van der Waals surface area contributed by atoms with Crippen LogP contribution in [0.3, 0.4) is 0 Å². The van der Waals surface area contributed by atoms with E-state index in [2.05, 4.69) is 10.0 Å². The number of carbonyl (C=O) groups excluding carboxylic acids is 1. The summed E-state index contributed by atoms with van der Waals surface area (Å²) < 4.78 is 53.1. The summed E-state index contributed by atoms with van der Waals surface area (Å²) >= 11 is 0. The lowest BCUT2D eigenvalue weighted by atomic mass is 9.98. The second kappa shape index (κ2) is 7.36. The second-order valence-corrected chi connectivity index (χ2v) is 8.55. The van der Waals surface area contributed by atoms with Crippen molar-refractivity contribution in [2.24, 2.45) is 0 Å². The van der Waals surface area contributed by atoms with Crippen molar-refractivity contribution in [2.45, 2.75) is 31.3 Å². The van der Waals surface area contributed by atoms with E-state index in [-0.39, 0.29) is 5.56 Å². The SMILES string of the molecule is C[C@H](C(=O)N[C@H]1Cc2ccccc2[C@@H]1NS(C)(=O)=O)c1ccc(F)cc1F. The van der Waals surface area contributed by atoms with Gasteiger partial charge in [-0.2, -0.15) is 0 Å². The zero-order chi connectivity index (χ0) is 19.8. The smallest absolute Gasteiger partial charge is 0.227 e. The quantitative estimate of drug-likeness (QED) is 0.818. The number of carbonyl (C=O) groups is 1. The number of hydrogen-bond donors (Lipinski definition) is 2. The summed E-state index contributed by atoms with van der Waals surface area (Å²) in [5.74, 6) is -2.82. The number of benzene rings is 2. The molecule has 0 unspecified atom stereocenters. The molecule has 5 nitrogen and oxygen atoms in total. The fraction of sp³-hybridized carbons (Fsp3) is 0.316. The van der Waals surface area contributed by atoms with Crippen molar-refractivity contribution in [2.75, 3.05) is 6.26 Å². The molecule has 0 bridgehead atoms. The van der Waals surface area contributed by atoms with Crippen LogP contribution in [0.15, 0.2) is 42.5 Å². The molecular formula is C19H20F2N2O3S. The van der Waals surface area contributed by atoms with Crippen molar-refractivity contribution < 1.29 is 22.0 Å². The molecule has 144 valence electrons. The Hall–Kier alpha value is -2.32. The van der Waals surface area contributed by atoms with Gasteiger partial charge in [0.2, 0.25) is 15.9 Å². The van der Waals surface area contributed by atoms with E-state index in [0.29, 0.717) is 6.42 Å². The third-order valence-electron chi connectivity index (χ3n) is 4.72. The Labute approximate surface area is 156 Å². The number of nitrogens with one attached hydrogen (secondary N) is 2. The zero-order valence-corrected chi connectivity index (χ0v) is 15.7. The van der Waals surface area contributed by atoms with Gasteiger partial charge in [0.1, 0.15) is 11.6 Å². The molecule has 0 saturated carbocycles. The molecule has 0 radical (unpaired) electrons. The molecule has 0 spiro atoms. The Morgan fingerprint density at radius 3 is 2.56 bits per heavy atom. The van der Waals surface area contributed by atoms with Crippen molar-refractivity contribution in [3.05, 3.63) is 70.8 Å². The van der Waals surface area contributed by atoms with E-state index < -0.39 is 45.6 Å². The average Bonchev–Trinajstić information content (AvgIpc) is 2.90. The second-order valence-electron chi connectivity index (χ2n) is 6.77. The van der Waals surface area contributed by atoms with E-state index in [1.54, 1.807) is 6.07 Å². The van der Waals surface area contributed by atoms with E-state index in [0.717, 1.165) is 29.5 Å². The van der Waals surface area contributed by atoms with Crippen molar-refractivity contribution in [3.63, 3.8) is 0 Å². The molecule has 2 aromatic carbocycles. The van der Waals surface area contributed by atoms with Gasteiger partial charge in [0, 0.05) is 11.6 Å². The minimum Gasteiger partial charge on any atom is -0.351 e. The molecule has 8 heteroatoms. The molecule has 3 rings (SSSR count). The van der Waals surface area contributed by atoms with Gasteiger partial charge in [-0.1, -0.05) is 30.3 Å². The highest BCUT2D eigenvalue weighted by Crippen LogP contribution is 2.32. The summed E-state index contributed by atoms with van der Waals surface area (Å²) in [6.45, 7) is 1.52. The molecule has 2 aromatic rings. The lowest BCUT2D eigenvalue weighted by molar-refractivity contribution is -0.123. The van der Waals surface area contributed by atoms with Gasteiger partial charge in [-0.25, -0.2) is 21.9 Å². The summed E-state index contributed by atoms with van der Waals surface area (Å²) in [4.78, 5) is 12.7. The van der Waals surface area contributed by atoms with Gasteiger partial charge in [-0.15, -0.1) is 0 Å². The molecule has 3 atom stereocenters. The molecule has 2 N–H and O–H groups in total. The normalized spacial score (nSPS) is 20.1. The monoisotopic (exact) mass is 394 g/mol. The number of fused-ring (bicyclic) bond motifs is 1. The molecule has 27 heavy (non-hydrogen) atoms. The maximum absolute atomic E-state index is 14.0. The Kier molecular flexibility index (Phi) is 5.30. The lowest BCUT2D eigenvalue weighted by Gasteiger charge is -2.24. The predicted molar refractivity (Wildman–Crippen MR) is 97.6 cm³/mol. The van der Waals surface area contributed by atoms with Crippen LogP contribution in [0.2, 0.25) is 0 Å². The van der Waals surface area contributed by atoms with Crippen LogP contribution in [0.1, 0.15) is 35.6 Å². The van der Waals surface area contributed by atoms with Crippen LogP contribution < -0.4 is 10.0 Å². The summed E-state index contributed by atoms with van der Waals surface area (Å²) in [5, 5.41) is 2.81. The van der Waals surface area contributed by atoms with E-state index in [1.807, 2.05) is 18.2 Å². The van der Waals surface area contributed by atoms with Crippen molar-refractivity contribution >= 4 is 15.9 Å². The third kappa shape index (κ3) is 4.33. The van der Waals surface area contributed by atoms with E-state index in [1.165, 1.54) is 13.0 Å². The Morgan fingerprint density at radius 1 is 1.19 bits per heavy atom. The number of rotatable bonds is 5. The van der Waals surface area contributed by atoms with E-state index in [4.69, 9.17) is 0 Å². The molecule has 1 aliphatic carbocycles. The Morgan fingerprint density at radius 2 is 1.89 bits per heavy atom. The highest BCUT2D eigenvalue weighted by atomic mass is 32.2. The number of sulfonamides is 1. The molecule has 0 aliphatic heterocycles. The van der Waals surface area contributed by atoms with Gasteiger partial charge < -0.3 is 5.32 Å². The summed E-state index contributed by atoms with van der Waals surface area (Å²) in [5.41, 5.74) is 1.82. The van der Waals surface area contributed by atoms with Crippen LogP contribution in [0.4, 0.5) is 8.78 Å². The van der Waals surface area contributed by atoms with Crippen LogP contribution in [0, 0.1) is 11.6 Å². The van der Waals surface area contributed by atoms with Gasteiger partial charge in [0.05, 0.1) is 24.3 Å². The maximum Gasteiger partial charge on any atom is 0.227 e. The lowest BCUT2D eigenvalue weighted by Crippen LogP contribution is -2.45. The molecule has 0 heterocycles. The first-order valence-electron chi connectivity index (χ1n) is 8.46. The van der Waals surface area contributed by atoms with Gasteiger partial charge in [-0.3, -0.25) is 4.79 Å². The Balaban J connectivity index is 1.82. The van der Waals surface area contributed by atoms with Crippen LogP contribution in [-0.4, -0.2) is 26.6 Å². The Bertz CT molecular complexity index is 979. The van der Waals surface area contributed by atoms with Gasteiger partial charge in [-0.05, 0) is 30.5 Å². The summed E-state index contributed by atoms with van der Waals surface area (Å²) in [6, 6.07) is 9.30. The average molecular weight is 394 g/mol. The van der Waals surface area contributed by atoms with Gasteiger partial charge in [0.25, 0.3) is 0 Å². The molecule has 0 aromatic heterocycles. The fourth-order valence-electron chi connectivity index (χ4n) is 3.41. The first-order chi connectivity index (χ1) is 12.7. The van der Waals surface area contributed by atoms with Gasteiger partial charge >= 0.3 is 0 Å². The van der Waals surface area contributed by atoms with E-state index >= 15 is 0 Å².